The summed E-state index contributed by atoms with van der Waals surface area (Å²) >= 11 is 0. The van der Waals surface area contributed by atoms with Gasteiger partial charge in [-0.15, -0.1) is 0 Å². The van der Waals surface area contributed by atoms with Crippen LogP contribution in [0, 0.1) is 5.41 Å². The van der Waals surface area contributed by atoms with E-state index in [2.05, 4.69) is 0 Å². The smallest absolute Gasteiger partial charge is 0.231 e. The maximum atomic E-state index is 10.5. The Balaban J connectivity index is 2.72. The molecule has 3 heteroatoms. The third-order valence-electron chi connectivity index (χ3n) is 1.90. The third kappa shape index (κ3) is 2.80. The maximum absolute atomic E-state index is 10.5. The molecule has 0 radical (unpaired) electrons. The van der Waals surface area contributed by atoms with E-state index in [1.54, 1.807) is 0 Å². The largest absolute Gasteiger partial charge is 0.454 e. The lowest BCUT2D eigenvalue weighted by molar-refractivity contribution is 0.106. The van der Waals surface area contributed by atoms with E-state index in [0.29, 0.717) is 6.92 Å². The molecule has 0 bridgehead atoms. The van der Waals surface area contributed by atoms with Crippen molar-refractivity contribution in [3.8, 4) is 11.5 Å². The summed E-state index contributed by atoms with van der Waals surface area (Å²) < 4.78 is 110. The summed E-state index contributed by atoms with van der Waals surface area (Å²) in [6.07, 6.45) is -3.12. The summed E-state index contributed by atoms with van der Waals surface area (Å²) in [5.41, 5.74) is -3.76. The van der Waals surface area contributed by atoms with Crippen LogP contribution in [0.4, 0.5) is 0 Å². The van der Waals surface area contributed by atoms with Crippen molar-refractivity contribution in [3.63, 3.8) is 0 Å². The molecule has 1 aliphatic heterocycles. The van der Waals surface area contributed by atoms with Crippen LogP contribution in [-0.4, -0.2) is 17.9 Å². The van der Waals surface area contributed by atoms with E-state index in [9.17, 15) is 5.11 Å². The van der Waals surface area contributed by atoms with Gasteiger partial charge in [-0.25, -0.2) is 0 Å². The number of hydrogen-bond acceptors (Lipinski definition) is 3. The van der Waals surface area contributed by atoms with Crippen LogP contribution in [-0.2, 0) is 0 Å². The molecular weight excluding hydrogens is 216 g/mol. The zero-order chi connectivity index (χ0) is 23.7. The van der Waals surface area contributed by atoms with Crippen LogP contribution in [0.15, 0.2) is 24.2 Å². The summed E-state index contributed by atoms with van der Waals surface area (Å²) in [5, 5.41) is 10.5. The molecule has 3 nitrogen and oxygen atoms in total. The topological polar surface area (TPSA) is 38.7 Å². The molecule has 1 unspecified atom stereocenters. The van der Waals surface area contributed by atoms with Gasteiger partial charge in [0.2, 0.25) is 6.75 Å². The Bertz CT molecular complexity index is 884. The SMILES string of the molecule is [2H]/C(=C\C([2H])(O)C(C)(C([2H])([2H])[2H])C([2H])([2H])[2H])c1c([2H])c([2H])c2c(c1[2H])OC([2H])([2H])O2. The molecule has 1 aromatic carbocycles. The number of fused-ring (bicyclic) bond motifs is 1. The van der Waals surface area contributed by atoms with Gasteiger partial charge in [-0.2, -0.15) is 0 Å². The second-order valence-corrected chi connectivity index (χ2v) is 3.49. The van der Waals surface area contributed by atoms with Gasteiger partial charge >= 0.3 is 0 Å². The highest BCUT2D eigenvalue weighted by Gasteiger charge is 2.19. The van der Waals surface area contributed by atoms with E-state index in [1.807, 2.05) is 0 Å². The van der Waals surface area contributed by atoms with Crippen molar-refractivity contribution >= 4 is 6.05 Å². The Morgan fingerprint density at radius 3 is 3.18 bits per heavy atom. The summed E-state index contributed by atoms with van der Waals surface area (Å²) in [6, 6.07) is -3.34. The number of hydrogen-bond donors (Lipinski definition) is 1. The highest BCUT2D eigenvalue weighted by atomic mass is 16.7. The molecule has 1 N–H and O–H groups in total. The van der Waals surface area contributed by atoms with Crippen LogP contribution >= 0.6 is 0 Å². The molecule has 1 heterocycles. The molecule has 0 fully saturated rings. The Labute approximate surface area is 120 Å². The minimum Gasteiger partial charge on any atom is -0.454 e. The predicted molar refractivity (Wildman–Crippen MR) is 67.1 cm³/mol. The Hall–Kier alpha value is -1.48. The van der Waals surface area contributed by atoms with Crippen molar-refractivity contribution < 1.29 is 32.4 Å². The molecule has 0 amide bonds. The van der Waals surface area contributed by atoms with Crippen LogP contribution in [0.5, 0.6) is 11.5 Å². The first kappa shape index (κ1) is 3.75. The van der Waals surface area contributed by atoms with Crippen molar-refractivity contribution in [1.29, 1.82) is 0 Å². The first-order valence-corrected chi connectivity index (χ1v) is 4.62. The lowest BCUT2D eigenvalue weighted by Crippen LogP contribution is -2.23. The standard InChI is InChI=1S/C14H18O3/c1-14(2,3)13(15)7-5-10-4-6-11-12(8-10)17-9-16-11/h4-8,13,15H,9H2,1-3H3/b7-5+/i1D3,2D3,4D,5D,6D,8D,9D2,13D. The van der Waals surface area contributed by atoms with E-state index in [4.69, 9.17) is 27.3 Å². The van der Waals surface area contributed by atoms with Crippen LogP contribution in [0.2, 0.25) is 0 Å². The van der Waals surface area contributed by atoms with Crippen molar-refractivity contribution in [1.82, 2.24) is 0 Å². The number of rotatable bonds is 2. The second kappa shape index (κ2) is 4.41. The van der Waals surface area contributed by atoms with Gasteiger partial charge in [0.25, 0.3) is 0 Å². The fraction of sp³-hybridized carbons (Fsp3) is 0.429. The molecule has 0 aromatic heterocycles. The van der Waals surface area contributed by atoms with Gasteiger partial charge in [0.1, 0.15) is 2.74 Å². The Kier molecular flexibility index (Phi) is 0.975. The first-order valence-electron chi connectivity index (χ1n) is 11.1. The molecule has 0 saturated heterocycles. The molecule has 0 aliphatic carbocycles. The zero-order valence-electron chi connectivity index (χ0n) is 21.8. The monoisotopic (exact) mass is 247 g/mol. The molecule has 92 valence electrons. The fourth-order valence-corrected chi connectivity index (χ4v) is 0.983. The number of aliphatic hydroxyl groups is 1. The lowest BCUT2D eigenvalue weighted by Gasteiger charge is -2.22. The predicted octanol–water partition coefficient (Wildman–Crippen LogP) is 2.84. The van der Waals surface area contributed by atoms with Gasteiger partial charge in [-0.3, -0.25) is 0 Å². The summed E-state index contributed by atoms with van der Waals surface area (Å²) in [7, 11) is 0. The van der Waals surface area contributed by atoms with E-state index in [0.717, 1.165) is 0 Å². The van der Waals surface area contributed by atoms with E-state index in [1.165, 1.54) is 0 Å². The third-order valence-corrected chi connectivity index (χ3v) is 1.90. The van der Waals surface area contributed by atoms with Gasteiger partial charge in [-0.1, -0.05) is 38.8 Å². The molecule has 0 spiro atoms. The van der Waals surface area contributed by atoms with Crippen molar-refractivity contribution in [2.75, 3.05) is 6.75 Å². The second-order valence-electron chi connectivity index (χ2n) is 3.49. The van der Waals surface area contributed by atoms with E-state index >= 15 is 0 Å². The van der Waals surface area contributed by atoms with Gasteiger partial charge in [0.05, 0.1) is 12.9 Å². The minimum absolute atomic E-state index is 0.257. The Morgan fingerprint density at radius 1 is 1.65 bits per heavy atom. The molecule has 17 heavy (non-hydrogen) atoms. The van der Waals surface area contributed by atoms with Crippen molar-refractivity contribution in [2.24, 2.45) is 5.41 Å². The lowest BCUT2D eigenvalue weighted by atomic mass is 9.89. The quantitative estimate of drug-likeness (QED) is 0.873. The normalized spacial score (nSPS) is 34.5. The van der Waals surface area contributed by atoms with E-state index in [-0.39, 0.29) is 6.08 Å². The van der Waals surface area contributed by atoms with Crippen LogP contribution in [0.3, 0.4) is 0 Å². The van der Waals surface area contributed by atoms with Gasteiger partial charge < -0.3 is 14.6 Å². The van der Waals surface area contributed by atoms with Crippen LogP contribution in [0.25, 0.3) is 6.05 Å². The summed E-state index contributed by atoms with van der Waals surface area (Å²) in [5.74, 6) is -1.15. The maximum Gasteiger partial charge on any atom is 0.231 e. The molecule has 2 rings (SSSR count). The summed E-state index contributed by atoms with van der Waals surface area (Å²) in [4.78, 5) is 0. The van der Waals surface area contributed by atoms with Gasteiger partial charge in [-0.05, 0) is 23.1 Å². The molecule has 1 atom stereocenters. The first-order chi connectivity index (χ1) is 13.2. The van der Waals surface area contributed by atoms with E-state index < -0.39 is 73.2 Å². The molecular formula is C14H18O3. The summed E-state index contributed by atoms with van der Waals surface area (Å²) in [6.45, 7) is -8.84. The minimum atomic E-state index is -3.38. The van der Waals surface area contributed by atoms with Gasteiger partial charge in [0, 0.05) is 8.22 Å². The molecule has 1 aliphatic rings. The van der Waals surface area contributed by atoms with Crippen LogP contribution in [0.1, 0.15) is 44.0 Å². The van der Waals surface area contributed by atoms with Crippen LogP contribution < -0.4 is 9.47 Å². The Morgan fingerprint density at radius 2 is 2.41 bits per heavy atom. The number of benzene rings is 1. The van der Waals surface area contributed by atoms with Gasteiger partial charge in [0.15, 0.2) is 11.5 Å². The highest BCUT2D eigenvalue weighted by Crippen LogP contribution is 2.33. The fourth-order valence-electron chi connectivity index (χ4n) is 0.983. The average Bonchev–Trinajstić information content (AvgIpc) is 2.85. The van der Waals surface area contributed by atoms with Crippen molar-refractivity contribution in [2.45, 2.75) is 26.7 Å². The van der Waals surface area contributed by atoms with Crippen molar-refractivity contribution in [3.05, 3.63) is 29.8 Å². The zero-order valence-corrected chi connectivity index (χ0v) is 8.84. The molecule has 1 aromatic rings. The highest BCUT2D eigenvalue weighted by molar-refractivity contribution is 5.56. The average molecular weight is 247 g/mol. The molecule has 0 saturated carbocycles. The number of ether oxygens (including phenoxy) is 2.